The van der Waals surface area contributed by atoms with Crippen molar-refractivity contribution in [3.63, 3.8) is 0 Å². The first-order valence-electron chi connectivity index (χ1n) is 8.50. The number of benzene rings is 1. The van der Waals surface area contributed by atoms with Gasteiger partial charge in [-0.25, -0.2) is 4.39 Å². The minimum Gasteiger partial charge on any atom is -0.326 e. The Hall–Kier alpha value is -3.08. The van der Waals surface area contributed by atoms with Crippen molar-refractivity contribution >= 4 is 5.91 Å². The predicted molar refractivity (Wildman–Crippen MR) is 98.2 cm³/mol. The van der Waals surface area contributed by atoms with E-state index in [1.807, 2.05) is 32.0 Å². The van der Waals surface area contributed by atoms with Gasteiger partial charge in [-0.15, -0.1) is 0 Å². The molecular formula is C21H20FN3O. The summed E-state index contributed by atoms with van der Waals surface area (Å²) >= 11 is 0. The fourth-order valence-corrected chi connectivity index (χ4v) is 2.98. The summed E-state index contributed by atoms with van der Waals surface area (Å²) in [5, 5.41) is 0. The molecule has 0 fully saturated rings. The summed E-state index contributed by atoms with van der Waals surface area (Å²) in [6.45, 7) is 4.26. The van der Waals surface area contributed by atoms with E-state index in [2.05, 4.69) is 9.97 Å². The zero-order chi connectivity index (χ0) is 18.5. The lowest BCUT2D eigenvalue weighted by molar-refractivity contribution is 0.0714. The number of rotatable bonds is 5. The Morgan fingerprint density at radius 2 is 1.85 bits per heavy atom. The van der Waals surface area contributed by atoms with Crippen LogP contribution >= 0.6 is 0 Å². The van der Waals surface area contributed by atoms with Gasteiger partial charge in [0.1, 0.15) is 5.82 Å². The van der Waals surface area contributed by atoms with Crippen LogP contribution in [-0.2, 0) is 0 Å². The lowest BCUT2D eigenvalue weighted by Crippen LogP contribution is -2.36. The second-order valence-corrected chi connectivity index (χ2v) is 5.99. The molecule has 1 aromatic carbocycles. The third-order valence-corrected chi connectivity index (χ3v) is 4.21. The molecule has 132 valence electrons. The van der Waals surface area contributed by atoms with E-state index in [4.69, 9.17) is 0 Å². The van der Waals surface area contributed by atoms with Gasteiger partial charge < -0.3 is 4.90 Å². The average molecular weight is 349 g/mol. The van der Waals surface area contributed by atoms with Crippen LogP contribution < -0.4 is 0 Å². The number of hydrogen-bond donors (Lipinski definition) is 0. The molecule has 0 unspecified atom stereocenters. The molecule has 1 amide bonds. The van der Waals surface area contributed by atoms with Gasteiger partial charge >= 0.3 is 0 Å². The normalized spacial score (nSPS) is 11.8. The van der Waals surface area contributed by atoms with E-state index < -0.39 is 6.04 Å². The number of nitrogens with zero attached hydrogens (tertiary/aromatic N) is 3. The molecule has 0 aliphatic carbocycles. The molecule has 2 heterocycles. The lowest BCUT2D eigenvalue weighted by Gasteiger charge is -2.31. The van der Waals surface area contributed by atoms with Crippen molar-refractivity contribution in [1.29, 1.82) is 0 Å². The average Bonchev–Trinajstić information content (AvgIpc) is 2.67. The first kappa shape index (κ1) is 17.7. The first-order chi connectivity index (χ1) is 12.6. The molecule has 26 heavy (non-hydrogen) atoms. The van der Waals surface area contributed by atoms with Gasteiger partial charge in [0.2, 0.25) is 0 Å². The summed E-state index contributed by atoms with van der Waals surface area (Å²) in [7, 11) is 0. The van der Waals surface area contributed by atoms with Crippen molar-refractivity contribution in [3.8, 4) is 0 Å². The van der Waals surface area contributed by atoms with Crippen molar-refractivity contribution in [1.82, 2.24) is 14.9 Å². The lowest BCUT2D eigenvalue weighted by atomic mass is 10.00. The van der Waals surface area contributed by atoms with Gasteiger partial charge in [-0.3, -0.25) is 14.8 Å². The van der Waals surface area contributed by atoms with Gasteiger partial charge in [-0.2, -0.15) is 0 Å². The van der Waals surface area contributed by atoms with Crippen LogP contribution in [0.1, 0.15) is 40.3 Å². The van der Waals surface area contributed by atoms with Crippen LogP contribution in [0, 0.1) is 12.7 Å². The Kier molecular flexibility index (Phi) is 5.37. The van der Waals surface area contributed by atoms with Gasteiger partial charge in [0.15, 0.2) is 0 Å². The molecule has 0 bridgehead atoms. The van der Waals surface area contributed by atoms with Gasteiger partial charge in [0, 0.05) is 30.2 Å². The maximum Gasteiger partial charge on any atom is 0.254 e. The molecule has 0 aliphatic rings. The van der Waals surface area contributed by atoms with Gasteiger partial charge in [0.25, 0.3) is 5.91 Å². The molecule has 2 aromatic heterocycles. The summed E-state index contributed by atoms with van der Waals surface area (Å²) in [4.78, 5) is 23.5. The van der Waals surface area contributed by atoms with Crippen LogP contribution in [0.15, 0.2) is 67.0 Å². The molecule has 3 rings (SSSR count). The third kappa shape index (κ3) is 3.77. The van der Waals surface area contributed by atoms with Crippen LogP contribution in [-0.4, -0.2) is 27.3 Å². The molecule has 3 aromatic rings. The molecule has 0 spiro atoms. The van der Waals surface area contributed by atoms with Crippen molar-refractivity contribution in [2.75, 3.05) is 6.54 Å². The number of aromatic nitrogens is 2. The molecule has 0 saturated carbocycles. The summed E-state index contributed by atoms with van der Waals surface area (Å²) in [6, 6.07) is 14.9. The second kappa shape index (κ2) is 7.87. The van der Waals surface area contributed by atoms with Gasteiger partial charge in [0.05, 0.1) is 11.7 Å². The fraction of sp³-hybridized carbons (Fsp3) is 0.190. The van der Waals surface area contributed by atoms with Crippen LogP contribution in [0.2, 0.25) is 0 Å². The highest BCUT2D eigenvalue weighted by atomic mass is 19.1. The molecule has 1 atom stereocenters. The number of halogens is 1. The van der Waals surface area contributed by atoms with E-state index in [9.17, 15) is 9.18 Å². The Labute approximate surface area is 152 Å². The summed E-state index contributed by atoms with van der Waals surface area (Å²) < 4.78 is 13.4. The molecule has 0 aliphatic heterocycles. The fourth-order valence-electron chi connectivity index (χ4n) is 2.98. The van der Waals surface area contributed by atoms with Crippen LogP contribution in [0.4, 0.5) is 4.39 Å². The maximum atomic E-state index is 13.4. The number of amides is 1. The van der Waals surface area contributed by atoms with Crippen molar-refractivity contribution in [3.05, 3.63) is 95.3 Å². The quantitative estimate of drug-likeness (QED) is 0.694. The van der Waals surface area contributed by atoms with Gasteiger partial charge in [-0.1, -0.05) is 18.2 Å². The molecule has 0 radical (unpaired) electrons. The van der Waals surface area contributed by atoms with E-state index in [1.54, 1.807) is 41.6 Å². The van der Waals surface area contributed by atoms with E-state index in [0.717, 1.165) is 17.0 Å². The van der Waals surface area contributed by atoms with Crippen LogP contribution in [0.25, 0.3) is 0 Å². The molecule has 5 heteroatoms. The Morgan fingerprint density at radius 3 is 2.46 bits per heavy atom. The number of carbonyl (C=O) groups is 1. The summed E-state index contributed by atoms with van der Waals surface area (Å²) in [5.74, 6) is -0.425. The predicted octanol–water partition coefficient (Wildman–Crippen LogP) is 4.18. The van der Waals surface area contributed by atoms with Crippen molar-refractivity contribution in [2.45, 2.75) is 19.9 Å². The third-order valence-electron chi connectivity index (χ3n) is 4.21. The smallest absolute Gasteiger partial charge is 0.254 e. The van der Waals surface area contributed by atoms with Crippen LogP contribution in [0.3, 0.4) is 0 Å². The number of pyridine rings is 2. The monoisotopic (exact) mass is 349 g/mol. The zero-order valence-electron chi connectivity index (χ0n) is 14.8. The number of carbonyl (C=O) groups excluding carboxylic acids is 1. The minimum atomic E-state index is -0.400. The molecular weight excluding hydrogens is 329 g/mol. The number of hydrogen-bond acceptors (Lipinski definition) is 3. The Balaban J connectivity index is 2.06. The molecule has 0 saturated heterocycles. The molecule has 0 N–H and O–H groups in total. The van der Waals surface area contributed by atoms with E-state index >= 15 is 0 Å². The highest BCUT2D eigenvalue weighted by Gasteiger charge is 2.27. The van der Waals surface area contributed by atoms with Crippen molar-refractivity contribution in [2.24, 2.45) is 0 Å². The first-order valence-corrected chi connectivity index (χ1v) is 8.50. The van der Waals surface area contributed by atoms with Gasteiger partial charge in [-0.05, 0) is 55.8 Å². The zero-order valence-corrected chi connectivity index (χ0v) is 14.8. The highest BCUT2D eigenvalue weighted by molar-refractivity contribution is 5.94. The summed E-state index contributed by atoms with van der Waals surface area (Å²) in [5.41, 5.74) is 2.90. The SMILES string of the molecule is CCN(C(=O)c1ccnc(C)c1)[C@H](c1ccc(F)cc1)c1ccccn1. The standard InChI is InChI=1S/C21H20FN3O/c1-3-25(21(26)17-11-13-23-15(2)14-17)20(19-6-4-5-12-24-19)16-7-9-18(22)10-8-16/h4-14,20H,3H2,1-2H3/t20-/m1/s1. The van der Waals surface area contributed by atoms with Crippen LogP contribution in [0.5, 0.6) is 0 Å². The van der Waals surface area contributed by atoms with Crippen molar-refractivity contribution < 1.29 is 9.18 Å². The topological polar surface area (TPSA) is 46.1 Å². The Bertz CT molecular complexity index is 881. The van der Waals surface area contributed by atoms with E-state index in [-0.39, 0.29) is 11.7 Å². The molecule has 4 nitrogen and oxygen atoms in total. The maximum absolute atomic E-state index is 13.4. The second-order valence-electron chi connectivity index (χ2n) is 5.99. The summed E-state index contributed by atoms with van der Waals surface area (Å²) in [6.07, 6.45) is 3.32. The largest absolute Gasteiger partial charge is 0.326 e. The number of aryl methyl sites for hydroxylation is 1. The highest BCUT2D eigenvalue weighted by Crippen LogP contribution is 2.29. The Morgan fingerprint density at radius 1 is 1.08 bits per heavy atom. The minimum absolute atomic E-state index is 0.113. The van der Waals surface area contributed by atoms with E-state index in [1.165, 1.54) is 12.1 Å². The van der Waals surface area contributed by atoms with E-state index in [0.29, 0.717) is 12.1 Å².